The minimum absolute atomic E-state index is 0.210. The Morgan fingerprint density at radius 3 is 2.73 bits per heavy atom. The molecule has 0 radical (unpaired) electrons. The highest BCUT2D eigenvalue weighted by Crippen LogP contribution is 2.18. The van der Waals surface area contributed by atoms with Gasteiger partial charge in [-0.15, -0.1) is 0 Å². The average molecular weight is 364 g/mol. The number of unbranched alkanes of at least 4 members (excludes halogenated alkanes) is 2. The molecule has 1 fully saturated rings. The summed E-state index contributed by atoms with van der Waals surface area (Å²) in [6.45, 7) is 7.80. The molecule has 0 saturated carbocycles. The maximum Gasteiger partial charge on any atom is 0.327 e. The number of aryl methyl sites for hydroxylation is 1. The number of anilines is 1. The van der Waals surface area contributed by atoms with Crippen molar-refractivity contribution in [2.24, 2.45) is 0 Å². The summed E-state index contributed by atoms with van der Waals surface area (Å²) in [6.07, 6.45) is 3.85. The maximum absolute atomic E-state index is 12.3. The van der Waals surface area contributed by atoms with Gasteiger partial charge in [0.1, 0.15) is 5.52 Å². The molecule has 144 valence electrons. The number of nitrogens with zero attached hydrogens (tertiary/aromatic N) is 4. The first-order valence-electron chi connectivity index (χ1n) is 9.38. The van der Waals surface area contributed by atoms with E-state index >= 15 is 0 Å². The van der Waals surface area contributed by atoms with E-state index in [1.807, 2.05) is 0 Å². The Morgan fingerprint density at radius 2 is 1.96 bits per heavy atom. The molecule has 1 aliphatic rings. The number of aromatic nitrogens is 4. The van der Waals surface area contributed by atoms with E-state index < -0.39 is 0 Å². The van der Waals surface area contributed by atoms with Crippen LogP contribution < -0.4 is 16.2 Å². The second kappa shape index (κ2) is 9.00. The van der Waals surface area contributed by atoms with E-state index in [2.05, 4.69) is 26.8 Å². The number of morpholine rings is 1. The van der Waals surface area contributed by atoms with Crippen molar-refractivity contribution in [3.05, 3.63) is 10.5 Å². The SMILES string of the molecule is CCCCOc1nc(N)c2[nH]c(=O)n(CCCCN3CCOCC3)c2n1. The van der Waals surface area contributed by atoms with Gasteiger partial charge >= 0.3 is 11.7 Å². The molecular formula is C17H28N6O3. The maximum atomic E-state index is 12.3. The third kappa shape index (κ3) is 4.53. The zero-order chi connectivity index (χ0) is 18.4. The van der Waals surface area contributed by atoms with Gasteiger partial charge in [-0.05, 0) is 25.8 Å². The van der Waals surface area contributed by atoms with Crippen molar-refractivity contribution in [2.75, 3.05) is 45.2 Å². The third-order valence-electron chi connectivity index (χ3n) is 4.57. The molecular weight excluding hydrogens is 336 g/mol. The van der Waals surface area contributed by atoms with Crippen molar-refractivity contribution in [2.45, 2.75) is 39.2 Å². The summed E-state index contributed by atoms with van der Waals surface area (Å²) in [7, 11) is 0. The number of fused-ring (bicyclic) bond motifs is 1. The van der Waals surface area contributed by atoms with Gasteiger partial charge in [0, 0.05) is 19.6 Å². The minimum atomic E-state index is -0.210. The van der Waals surface area contributed by atoms with Crippen molar-refractivity contribution in [3.63, 3.8) is 0 Å². The summed E-state index contributed by atoms with van der Waals surface area (Å²) in [5.41, 5.74) is 6.74. The molecule has 0 bridgehead atoms. The van der Waals surface area contributed by atoms with Crippen LogP contribution in [0.4, 0.5) is 5.82 Å². The fourth-order valence-electron chi connectivity index (χ4n) is 3.04. The van der Waals surface area contributed by atoms with E-state index in [9.17, 15) is 4.79 Å². The van der Waals surface area contributed by atoms with Crippen LogP contribution in [0.2, 0.25) is 0 Å². The molecule has 0 aromatic carbocycles. The van der Waals surface area contributed by atoms with Crippen LogP contribution in [0, 0.1) is 0 Å². The molecule has 0 atom stereocenters. The van der Waals surface area contributed by atoms with E-state index in [-0.39, 0.29) is 17.5 Å². The number of nitrogens with two attached hydrogens (primary N) is 1. The van der Waals surface area contributed by atoms with Gasteiger partial charge in [-0.25, -0.2) is 4.79 Å². The Bertz CT molecular complexity index is 766. The summed E-state index contributed by atoms with van der Waals surface area (Å²) < 4.78 is 12.5. The van der Waals surface area contributed by atoms with Crippen LogP contribution in [0.15, 0.2) is 4.79 Å². The third-order valence-corrected chi connectivity index (χ3v) is 4.57. The van der Waals surface area contributed by atoms with Crippen LogP contribution in [-0.4, -0.2) is 63.9 Å². The lowest BCUT2D eigenvalue weighted by molar-refractivity contribution is 0.0371. The first-order valence-corrected chi connectivity index (χ1v) is 9.38. The Hall–Kier alpha value is -2.13. The summed E-state index contributed by atoms with van der Waals surface area (Å²) >= 11 is 0. The second-order valence-electron chi connectivity index (χ2n) is 6.53. The number of nitrogen functional groups attached to an aromatic ring is 1. The molecule has 3 heterocycles. The summed E-state index contributed by atoms with van der Waals surface area (Å²) in [5.74, 6) is 0.241. The summed E-state index contributed by atoms with van der Waals surface area (Å²) in [6, 6.07) is 0.226. The number of hydrogen-bond donors (Lipinski definition) is 2. The first kappa shape index (κ1) is 18.7. The number of aromatic amines is 1. The quantitative estimate of drug-likeness (QED) is 0.638. The standard InChI is InChI=1S/C17H28N6O3/c1-2-3-10-26-16-20-14(18)13-15(21-16)23(17(24)19-13)7-5-4-6-22-8-11-25-12-9-22/h2-12H2,1H3,(H,19,24)(H2,18,20,21). The molecule has 1 saturated heterocycles. The van der Waals surface area contributed by atoms with Crippen LogP contribution in [-0.2, 0) is 11.3 Å². The van der Waals surface area contributed by atoms with Crippen LogP contribution in [0.25, 0.3) is 11.2 Å². The molecule has 0 amide bonds. The van der Waals surface area contributed by atoms with E-state index in [0.29, 0.717) is 24.3 Å². The van der Waals surface area contributed by atoms with Gasteiger partial charge < -0.3 is 20.2 Å². The highest BCUT2D eigenvalue weighted by Gasteiger charge is 2.15. The molecule has 0 unspecified atom stereocenters. The number of rotatable bonds is 9. The average Bonchev–Trinajstić information content (AvgIpc) is 2.96. The van der Waals surface area contributed by atoms with Crippen LogP contribution in [0.5, 0.6) is 6.01 Å². The molecule has 2 aromatic heterocycles. The van der Waals surface area contributed by atoms with Gasteiger partial charge in [0.2, 0.25) is 0 Å². The molecule has 1 aliphatic heterocycles. The van der Waals surface area contributed by atoms with Gasteiger partial charge in [-0.2, -0.15) is 9.97 Å². The lowest BCUT2D eigenvalue weighted by Gasteiger charge is -2.26. The van der Waals surface area contributed by atoms with Gasteiger partial charge in [-0.3, -0.25) is 9.47 Å². The molecule has 2 aromatic rings. The largest absolute Gasteiger partial charge is 0.463 e. The highest BCUT2D eigenvalue weighted by atomic mass is 16.5. The number of ether oxygens (including phenoxy) is 2. The van der Waals surface area contributed by atoms with E-state index in [1.165, 1.54) is 0 Å². The molecule has 9 nitrogen and oxygen atoms in total. The molecule has 0 spiro atoms. The zero-order valence-electron chi connectivity index (χ0n) is 15.4. The summed E-state index contributed by atoms with van der Waals surface area (Å²) in [5, 5.41) is 0. The Labute approximate surface area is 152 Å². The van der Waals surface area contributed by atoms with E-state index in [0.717, 1.165) is 58.5 Å². The highest BCUT2D eigenvalue weighted by molar-refractivity contribution is 5.81. The normalized spacial score (nSPS) is 15.6. The van der Waals surface area contributed by atoms with Crippen molar-refractivity contribution >= 4 is 17.0 Å². The van der Waals surface area contributed by atoms with Gasteiger partial charge in [0.15, 0.2) is 11.5 Å². The Kier molecular flexibility index (Phi) is 6.45. The Balaban J connectivity index is 1.64. The predicted molar refractivity (Wildman–Crippen MR) is 99.5 cm³/mol. The van der Waals surface area contributed by atoms with E-state index in [4.69, 9.17) is 15.2 Å². The van der Waals surface area contributed by atoms with Crippen LogP contribution >= 0.6 is 0 Å². The van der Waals surface area contributed by atoms with Crippen molar-refractivity contribution in [1.29, 1.82) is 0 Å². The fraction of sp³-hybridized carbons (Fsp3) is 0.706. The van der Waals surface area contributed by atoms with Crippen LogP contribution in [0.3, 0.4) is 0 Å². The zero-order valence-corrected chi connectivity index (χ0v) is 15.4. The molecule has 26 heavy (non-hydrogen) atoms. The Morgan fingerprint density at radius 1 is 1.19 bits per heavy atom. The minimum Gasteiger partial charge on any atom is -0.463 e. The second-order valence-corrected chi connectivity index (χ2v) is 6.53. The fourth-order valence-corrected chi connectivity index (χ4v) is 3.04. The van der Waals surface area contributed by atoms with Crippen molar-refractivity contribution < 1.29 is 9.47 Å². The van der Waals surface area contributed by atoms with Gasteiger partial charge in [0.25, 0.3) is 0 Å². The summed E-state index contributed by atoms with van der Waals surface area (Å²) in [4.78, 5) is 25.9. The van der Waals surface area contributed by atoms with E-state index in [1.54, 1.807) is 4.57 Å². The predicted octanol–water partition coefficient (Wildman–Crippen LogP) is 0.993. The smallest absolute Gasteiger partial charge is 0.327 e. The molecule has 9 heteroatoms. The van der Waals surface area contributed by atoms with Crippen LogP contribution in [0.1, 0.15) is 32.6 Å². The number of imidazole rings is 1. The lowest BCUT2D eigenvalue weighted by atomic mass is 10.2. The lowest BCUT2D eigenvalue weighted by Crippen LogP contribution is -2.36. The number of hydrogen-bond acceptors (Lipinski definition) is 7. The van der Waals surface area contributed by atoms with Crippen molar-refractivity contribution in [3.8, 4) is 6.01 Å². The molecule has 3 N–H and O–H groups in total. The number of H-pyrrole nitrogens is 1. The number of nitrogens with one attached hydrogen (secondary N) is 1. The first-order chi connectivity index (χ1) is 12.7. The molecule has 3 rings (SSSR count). The topological polar surface area (TPSA) is 111 Å². The van der Waals surface area contributed by atoms with Crippen molar-refractivity contribution in [1.82, 2.24) is 24.4 Å². The monoisotopic (exact) mass is 364 g/mol. The van der Waals surface area contributed by atoms with Gasteiger partial charge in [0.05, 0.1) is 19.8 Å². The van der Waals surface area contributed by atoms with Gasteiger partial charge in [-0.1, -0.05) is 13.3 Å². The molecule has 0 aliphatic carbocycles.